The summed E-state index contributed by atoms with van der Waals surface area (Å²) in [6, 6.07) is 6.02. The molecule has 5 nitrogen and oxygen atoms in total. The molecule has 0 spiro atoms. The zero-order chi connectivity index (χ0) is 14.8. The molecule has 1 aromatic carbocycles. The van der Waals surface area contributed by atoms with Gasteiger partial charge in [0.25, 0.3) is 0 Å². The second kappa shape index (κ2) is 5.32. The summed E-state index contributed by atoms with van der Waals surface area (Å²) in [7, 11) is 0. The number of carbonyl (C=O) groups excluding carboxylic acids is 1. The van der Waals surface area contributed by atoms with Crippen molar-refractivity contribution in [1.82, 2.24) is 10.1 Å². The first kappa shape index (κ1) is 14.0. The Kier molecular flexibility index (Phi) is 3.73. The molecule has 106 valence electrons. The van der Waals surface area contributed by atoms with E-state index in [1.807, 2.05) is 0 Å². The lowest BCUT2D eigenvalue weighted by atomic mass is 10.1. The lowest BCUT2D eigenvalue weighted by molar-refractivity contribution is -0.167. The number of anilines is 1. The van der Waals surface area contributed by atoms with E-state index < -0.39 is 12.1 Å². The molecule has 0 aliphatic carbocycles. The number of amides is 1. The van der Waals surface area contributed by atoms with Gasteiger partial charge in [0.2, 0.25) is 5.89 Å². The van der Waals surface area contributed by atoms with Crippen LogP contribution in [0.5, 0.6) is 0 Å². The van der Waals surface area contributed by atoms with Crippen LogP contribution in [0.3, 0.4) is 0 Å². The zero-order valence-corrected chi connectivity index (χ0v) is 10.4. The van der Waals surface area contributed by atoms with Crippen molar-refractivity contribution in [2.24, 2.45) is 0 Å². The number of rotatable bonds is 3. The second-order valence-electron chi connectivity index (χ2n) is 4.06. The van der Waals surface area contributed by atoms with Gasteiger partial charge in [0, 0.05) is 19.0 Å². The first-order valence-corrected chi connectivity index (χ1v) is 5.61. The minimum atomic E-state index is -4.92. The van der Waals surface area contributed by atoms with Gasteiger partial charge in [-0.05, 0) is 17.7 Å². The normalized spacial score (nSPS) is 11.4. The van der Waals surface area contributed by atoms with Crippen molar-refractivity contribution in [1.29, 1.82) is 0 Å². The van der Waals surface area contributed by atoms with Gasteiger partial charge in [0.1, 0.15) is 0 Å². The average molecular weight is 285 g/mol. The SMILES string of the molecule is Cc1nc(Cc2cccc(NC(=O)C(F)(F)F)c2)no1. The highest BCUT2D eigenvalue weighted by Crippen LogP contribution is 2.19. The standard InChI is InChI=1S/C12H10F3N3O2/c1-7-16-10(18-20-7)6-8-3-2-4-9(5-8)17-11(19)12(13,14)15/h2-5H,6H2,1H3,(H,17,19). The number of aryl methyl sites for hydroxylation is 1. The van der Waals surface area contributed by atoms with Crippen molar-refractivity contribution in [3.8, 4) is 0 Å². The molecule has 2 rings (SSSR count). The Balaban J connectivity index is 2.10. The van der Waals surface area contributed by atoms with Crippen LogP contribution in [-0.2, 0) is 11.2 Å². The van der Waals surface area contributed by atoms with E-state index in [0.717, 1.165) is 0 Å². The van der Waals surface area contributed by atoms with Crippen molar-refractivity contribution in [2.45, 2.75) is 19.5 Å². The largest absolute Gasteiger partial charge is 0.471 e. The molecule has 1 amide bonds. The van der Waals surface area contributed by atoms with Crippen LogP contribution in [0, 0.1) is 6.92 Å². The molecule has 0 saturated heterocycles. The van der Waals surface area contributed by atoms with Gasteiger partial charge in [-0.1, -0.05) is 17.3 Å². The smallest absolute Gasteiger partial charge is 0.340 e. The van der Waals surface area contributed by atoms with Crippen LogP contribution in [0.1, 0.15) is 17.3 Å². The summed E-state index contributed by atoms with van der Waals surface area (Å²) in [5, 5.41) is 5.47. The number of benzene rings is 1. The number of carbonyl (C=O) groups is 1. The molecular formula is C12H10F3N3O2. The summed E-state index contributed by atoms with van der Waals surface area (Å²) in [6.45, 7) is 1.64. The fraction of sp³-hybridized carbons (Fsp3) is 0.250. The molecule has 0 atom stereocenters. The Bertz CT molecular complexity index is 622. The topological polar surface area (TPSA) is 68.0 Å². The molecule has 20 heavy (non-hydrogen) atoms. The number of halogens is 3. The number of hydrogen-bond acceptors (Lipinski definition) is 4. The molecule has 0 saturated carbocycles. The second-order valence-corrected chi connectivity index (χ2v) is 4.06. The maximum absolute atomic E-state index is 12.1. The zero-order valence-electron chi connectivity index (χ0n) is 10.4. The monoisotopic (exact) mass is 285 g/mol. The molecule has 0 aliphatic rings. The predicted molar refractivity (Wildman–Crippen MR) is 63.0 cm³/mol. The summed E-state index contributed by atoms with van der Waals surface area (Å²) in [5.74, 6) is -1.19. The number of alkyl halides is 3. The van der Waals surface area contributed by atoms with E-state index in [9.17, 15) is 18.0 Å². The molecule has 1 heterocycles. The van der Waals surface area contributed by atoms with Crippen LogP contribution >= 0.6 is 0 Å². The molecule has 0 radical (unpaired) electrons. The molecule has 0 unspecified atom stereocenters. The fourth-order valence-corrected chi connectivity index (χ4v) is 1.56. The molecule has 0 bridgehead atoms. The number of aromatic nitrogens is 2. The molecule has 1 aromatic heterocycles. The Morgan fingerprint density at radius 3 is 2.75 bits per heavy atom. The van der Waals surface area contributed by atoms with Gasteiger partial charge in [-0.15, -0.1) is 0 Å². The van der Waals surface area contributed by atoms with E-state index >= 15 is 0 Å². The third-order valence-electron chi connectivity index (χ3n) is 2.37. The van der Waals surface area contributed by atoms with Crippen LogP contribution in [0.25, 0.3) is 0 Å². The highest BCUT2D eigenvalue weighted by Gasteiger charge is 2.38. The van der Waals surface area contributed by atoms with Crippen LogP contribution in [0.15, 0.2) is 28.8 Å². The molecule has 0 aliphatic heterocycles. The van der Waals surface area contributed by atoms with Crippen molar-refractivity contribution < 1.29 is 22.5 Å². The van der Waals surface area contributed by atoms with E-state index in [1.54, 1.807) is 18.3 Å². The van der Waals surface area contributed by atoms with E-state index in [4.69, 9.17) is 4.52 Å². The van der Waals surface area contributed by atoms with Gasteiger partial charge in [-0.2, -0.15) is 18.2 Å². The van der Waals surface area contributed by atoms with Gasteiger partial charge in [-0.25, -0.2) is 0 Å². The average Bonchev–Trinajstić information content (AvgIpc) is 2.74. The third kappa shape index (κ3) is 3.56. The van der Waals surface area contributed by atoms with Gasteiger partial charge >= 0.3 is 12.1 Å². The number of nitrogens with zero attached hydrogens (tertiary/aromatic N) is 2. The summed E-state index contributed by atoms with van der Waals surface area (Å²) in [6.07, 6.45) is -4.62. The summed E-state index contributed by atoms with van der Waals surface area (Å²) < 4.78 is 41.2. The number of nitrogens with one attached hydrogen (secondary N) is 1. The van der Waals surface area contributed by atoms with Crippen LogP contribution in [0.2, 0.25) is 0 Å². The summed E-state index contributed by atoms with van der Waals surface area (Å²) >= 11 is 0. The van der Waals surface area contributed by atoms with Crippen molar-refractivity contribution in [2.75, 3.05) is 5.32 Å². The van der Waals surface area contributed by atoms with Gasteiger partial charge in [0.05, 0.1) is 0 Å². The highest BCUT2D eigenvalue weighted by molar-refractivity contribution is 5.94. The maximum atomic E-state index is 12.1. The Morgan fingerprint density at radius 2 is 2.15 bits per heavy atom. The van der Waals surface area contributed by atoms with Crippen molar-refractivity contribution in [3.63, 3.8) is 0 Å². The van der Waals surface area contributed by atoms with Crippen molar-refractivity contribution in [3.05, 3.63) is 41.5 Å². The minimum absolute atomic E-state index is 0.0602. The lowest BCUT2D eigenvalue weighted by Gasteiger charge is -2.08. The quantitative estimate of drug-likeness (QED) is 0.940. The Hall–Kier alpha value is -2.38. The summed E-state index contributed by atoms with van der Waals surface area (Å²) in [5.41, 5.74) is 0.718. The maximum Gasteiger partial charge on any atom is 0.471 e. The van der Waals surface area contributed by atoms with Crippen molar-refractivity contribution >= 4 is 11.6 Å². The van der Waals surface area contributed by atoms with Crippen LogP contribution < -0.4 is 5.32 Å². The van der Waals surface area contributed by atoms with Crippen LogP contribution in [0.4, 0.5) is 18.9 Å². The molecular weight excluding hydrogens is 275 g/mol. The van der Waals surface area contributed by atoms with E-state index in [-0.39, 0.29) is 5.69 Å². The molecule has 0 fully saturated rings. The lowest BCUT2D eigenvalue weighted by Crippen LogP contribution is -2.29. The van der Waals surface area contributed by atoms with E-state index in [1.165, 1.54) is 18.2 Å². The molecule has 2 aromatic rings. The van der Waals surface area contributed by atoms with Gasteiger partial charge < -0.3 is 9.84 Å². The van der Waals surface area contributed by atoms with E-state index in [0.29, 0.717) is 23.7 Å². The molecule has 1 N–H and O–H groups in total. The predicted octanol–water partition coefficient (Wildman–Crippen LogP) is 2.47. The van der Waals surface area contributed by atoms with Gasteiger partial charge in [-0.3, -0.25) is 4.79 Å². The minimum Gasteiger partial charge on any atom is -0.340 e. The fourth-order valence-electron chi connectivity index (χ4n) is 1.56. The number of hydrogen-bond donors (Lipinski definition) is 1. The third-order valence-corrected chi connectivity index (χ3v) is 2.37. The van der Waals surface area contributed by atoms with E-state index in [2.05, 4.69) is 10.1 Å². The van der Waals surface area contributed by atoms with Crippen LogP contribution in [-0.4, -0.2) is 22.2 Å². The van der Waals surface area contributed by atoms with Gasteiger partial charge in [0.15, 0.2) is 5.82 Å². The highest BCUT2D eigenvalue weighted by atomic mass is 19.4. The Morgan fingerprint density at radius 1 is 1.40 bits per heavy atom. The first-order chi connectivity index (χ1) is 9.34. The summed E-state index contributed by atoms with van der Waals surface area (Å²) in [4.78, 5) is 14.8. The first-order valence-electron chi connectivity index (χ1n) is 5.61. The Labute approximate surface area is 111 Å². The molecule has 8 heteroatoms.